The van der Waals surface area contributed by atoms with Crippen LogP contribution in [-0.2, 0) is 7.05 Å². The summed E-state index contributed by atoms with van der Waals surface area (Å²) in [6, 6.07) is 5.81. The van der Waals surface area contributed by atoms with Gasteiger partial charge in [-0.2, -0.15) is 5.10 Å². The summed E-state index contributed by atoms with van der Waals surface area (Å²) in [5, 5.41) is 4.99. The van der Waals surface area contributed by atoms with Crippen LogP contribution in [0.25, 0.3) is 16.9 Å². The molecule has 2 heterocycles. The number of anilines is 1. The van der Waals surface area contributed by atoms with Gasteiger partial charge in [-0.05, 0) is 47.7 Å². The fraction of sp³-hybridized carbons (Fsp3) is 0.167. The molecule has 2 N–H and O–H groups in total. The van der Waals surface area contributed by atoms with Gasteiger partial charge in [-0.3, -0.25) is 4.57 Å². The molecule has 0 unspecified atom stereocenters. The Hall–Kier alpha value is -1.28. The van der Waals surface area contributed by atoms with Crippen LogP contribution in [0.15, 0.2) is 18.2 Å². The minimum atomic E-state index is 0.411. The normalized spacial score (nSPS) is 11.4. The molecule has 5 nitrogen and oxygen atoms in total. The maximum Gasteiger partial charge on any atom is 0.207 e. The minimum absolute atomic E-state index is 0.411. The van der Waals surface area contributed by atoms with Crippen molar-refractivity contribution in [3.8, 4) is 5.69 Å². The van der Waals surface area contributed by atoms with Crippen LogP contribution in [0.4, 0.5) is 5.95 Å². The van der Waals surface area contributed by atoms with Crippen LogP contribution < -0.4 is 5.73 Å². The predicted molar refractivity (Wildman–Crippen MR) is 84.7 cm³/mol. The van der Waals surface area contributed by atoms with E-state index in [1.165, 1.54) is 0 Å². The summed E-state index contributed by atoms with van der Waals surface area (Å²) < 4.78 is 4.67. The van der Waals surface area contributed by atoms with E-state index in [1.54, 1.807) is 4.68 Å². The van der Waals surface area contributed by atoms with E-state index >= 15 is 0 Å². The zero-order chi connectivity index (χ0) is 13.7. The van der Waals surface area contributed by atoms with Crippen molar-refractivity contribution < 1.29 is 0 Å². The second-order valence-corrected chi connectivity index (χ2v) is 5.94. The number of nitrogens with zero attached hydrogens (tertiary/aromatic N) is 4. The number of aromatic nitrogens is 4. The van der Waals surface area contributed by atoms with Crippen molar-refractivity contribution in [1.29, 1.82) is 0 Å². The summed E-state index contributed by atoms with van der Waals surface area (Å²) in [5.41, 5.74) is 9.33. The van der Waals surface area contributed by atoms with Crippen LogP contribution in [0.1, 0.15) is 5.69 Å². The summed E-state index contributed by atoms with van der Waals surface area (Å²) in [4.78, 5) is 4.37. The van der Waals surface area contributed by atoms with Gasteiger partial charge >= 0.3 is 0 Å². The summed E-state index contributed by atoms with van der Waals surface area (Å²) in [5.74, 6) is 0.411. The first kappa shape index (κ1) is 12.7. The monoisotopic (exact) mass is 387 g/mol. The molecule has 0 spiro atoms. The molecule has 0 aliphatic heterocycles. The number of rotatable bonds is 1. The Bertz CT molecular complexity index is 789. The second-order valence-electron chi connectivity index (χ2n) is 4.28. The number of aryl methyl sites for hydroxylation is 2. The molecule has 19 heavy (non-hydrogen) atoms. The Morgan fingerprint density at radius 2 is 2.11 bits per heavy atom. The average molecular weight is 388 g/mol. The Labute approximate surface area is 128 Å². The smallest absolute Gasteiger partial charge is 0.207 e. The SMILES string of the molecule is Cc1nn(C)c2c1nc(N)n2-c1ccc(I)cc1Cl. The predicted octanol–water partition coefficient (Wildman–Crippen LogP) is 2.91. The molecule has 3 aromatic rings. The van der Waals surface area contributed by atoms with Gasteiger partial charge in [0.15, 0.2) is 5.65 Å². The van der Waals surface area contributed by atoms with Crippen LogP contribution in [0.3, 0.4) is 0 Å². The van der Waals surface area contributed by atoms with Gasteiger partial charge in [0.05, 0.1) is 16.4 Å². The molecule has 0 aliphatic carbocycles. The number of nitrogens with two attached hydrogens (primary N) is 1. The lowest BCUT2D eigenvalue weighted by Gasteiger charge is -2.09. The molecule has 0 amide bonds. The molecule has 1 aromatic carbocycles. The molecule has 7 heteroatoms. The van der Waals surface area contributed by atoms with E-state index in [0.717, 1.165) is 26.1 Å². The van der Waals surface area contributed by atoms with Gasteiger partial charge in [0.2, 0.25) is 5.95 Å². The Kier molecular flexibility index (Phi) is 2.94. The number of benzene rings is 1. The average Bonchev–Trinajstić information content (AvgIpc) is 2.79. The van der Waals surface area contributed by atoms with Crippen molar-refractivity contribution in [2.75, 3.05) is 5.73 Å². The third-order valence-corrected chi connectivity index (χ3v) is 3.95. The first-order valence-electron chi connectivity index (χ1n) is 5.62. The van der Waals surface area contributed by atoms with Crippen molar-refractivity contribution in [2.24, 2.45) is 7.05 Å². The fourth-order valence-electron chi connectivity index (χ4n) is 2.19. The molecule has 0 radical (unpaired) electrons. The molecular weight excluding hydrogens is 377 g/mol. The standard InChI is InChI=1S/C12H11ClIN5/c1-6-10-11(18(2)17-6)19(12(15)16-10)9-4-3-7(14)5-8(9)13/h3-5H,1-2H3,(H2,15,16). The highest BCUT2D eigenvalue weighted by atomic mass is 127. The van der Waals surface area contributed by atoms with Crippen molar-refractivity contribution in [3.63, 3.8) is 0 Å². The molecule has 0 saturated carbocycles. The molecule has 98 valence electrons. The van der Waals surface area contributed by atoms with Gasteiger partial charge in [-0.15, -0.1) is 0 Å². The van der Waals surface area contributed by atoms with E-state index in [9.17, 15) is 0 Å². The van der Waals surface area contributed by atoms with Gasteiger partial charge in [-0.1, -0.05) is 11.6 Å². The van der Waals surface area contributed by atoms with Crippen LogP contribution in [-0.4, -0.2) is 19.3 Å². The molecular formula is C12H11ClIN5. The summed E-state index contributed by atoms with van der Waals surface area (Å²) in [7, 11) is 1.87. The maximum atomic E-state index is 6.31. The number of hydrogen-bond acceptors (Lipinski definition) is 3. The van der Waals surface area contributed by atoms with Gasteiger partial charge in [-0.25, -0.2) is 9.67 Å². The number of fused-ring (bicyclic) bond motifs is 1. The van der Waals surface area contributed by atoms with Gasteiger partial charge in [0.1, 0.15) is 5.52 Å². The van der Waals surface area contributed by atoms with Crippen LogP contribution >= 0.6 is 34.2 Å². The Balaban J connectivity index is 2.38. The molecule has 0 atom stereocenters. The largest absolute Gasteiger partial charge is 0.369 e. The first-order chi connectivity index (χ1) is 8.99. The summed E-state index contributed by atoms with van der Waals surface area (Å²) in [6.07, 6.45) is 0. The van der Waals surface area contributed by atoms with Crippen molar-refractivity contribution >= 4 is 51.3 Å². The molecule has 0 fully saturated rings. The lowest BCUT2D eigenvalue weighted by atomic mass is 10.3. The third kappa shape index (κ3) is 1.90. The minimum Gasteiger partial charge on any atom is -0.369 e. The number of hydrogen-bond donors (Lipinski definition) is 1. The van der Waals surface area contributed by atoms with Crippen molar-refractivity contribution in [1.82, 2.24) is 19.3 Å². The van der Waals surface area contributed by atoms with E-state index < -0.39 is 0 Å². The molecule has 0 saturated heterocycles. The van der Waals surface area contributed by atoms with Crippen LogP contribution in [0.5, 0.6) is 0 Å². The molecule has 3 rings (SSSR count). The summed E-state index contributed by atoms with van der Waals surface area (Å²) in [6.45, 7) is 1.91. The van der Waals surface area contributed by atoms with Crippen LogP contribution in [0, 0.1) is 10.5 Å². The van der Waals surface area contributed by atoms with E-state index in [0.29, 0.717) is 11.0 Å². The van der Waals surface area contributed by atoms with E-state index in [1.807, 2.05) is 36.7 Å². The highest BCUT2D eigenvalue weighted by Crippen LogP contribution is 2.29. The Morgan fingerprint density at radius 3 is 2.79 bits per heavy atom. The van der Waals surface area contributed by atoms with Crippen LogP contribution in [0.2, 0.25) is 5.02 Å². The van der Waals surface area contributed by atoms with E-state index in [2.05, 4.69) is 32.7 Å². The second kappa shape index (κ2) is 4.38. The molecule has 0 aliphatic rings. The quantitative estimate of drug-likeness (QED) is 0.653. The third-order valence-electron chi connectivity index (χ3n) is 2.98. The van der Waals surface area contributed by atoms with Gasteiger partial charge in [0.25, 0.3) is 0 Å². The van der Waals surface area contributed by atoms with Crippen molar-refractivity contribution in [3.05, 3.63) is 32.5 Å². The number of imidazole rings is 1. The number of halogens is 2. The highest BCUT2D eigenvalue weighted by Gasteiger charge is 2.18. The maximum absolute atomic E-state index is 6.31. The zero-order valence-electron chi connectivity index (χ0n) is 10.4. The highest BCUT2D eigenvalue weighted by molar-refractivity contribution is 14.1. The van der Waals surface area contributed by atoms with Gasteiger partial charge in [0, 0.05) is 10.6 Å². The first-order valence-corrected chi connectivity index (χ1v) is 7.07. The summed E-state index contributed by atoms with van der Waals surface area (Å²) >= 11 is 8.53. The number of nitrogen functional groups attached to an aromatic ring is 1. The fourth-order valence-corrected chi connectivity index (χ4v) is 3.13. The van der Waals surface area contributed by atoms with E-state index in [-0.39, 0.29) is 0 Å². The topological polar surface area (TPSA) is 61.7 Å². The molecule has 0 bridgehead atoms. The Morgan fingerprint density at radius 1 is 1.37 bits per heavy atom. The zero-order valence-corrected chi connectivity index (χ0v) is 13.3. The van der Waals surface area contributed by atoms with E-state index in [4.69, 9.17) is 17.3 Å². The van der Waals surface area contributed by atoms with Crippen molar-refractivity contribution in [2.45, 2.75) is 6.92 Å². The van der Waals surface area contributed by atoms with Gasteiger partial charge < -0.3 is 5.73 Å². The molecule has 2 aromatic heterocycles. The lowest BCUT2D eigenvalue weighted by Crippen LogP contribution is -2.05. The lowest BCUT2D eigenvalue weighted by molar-refractivity contribution is 0.762.